The predicted molar refractivity (Wildman–Crippen MR) is 84.2 cm³/mol. The van der Waals surface area contributed by atoms with Crippen LogP contribution in [0.1, 0.15) is 5.56 Å². The molecule has 0 fully saturated rings. The van der Waals surface area contributed by atoms with Gasteiger partial charge in [-0.25, -0.2) is 4.39 Å². The second kappa shape index (κ2) is 5.58. The lowest BCUT2D eigenvalue weighted by Gasteiger charge is -2.12. The molecule has 1 heterocycles. The maximum Gasteiger partial charge on any atom is 0.229 e. The van der Waals surface area contributed by atoms with Gasteiger partial charge in [0.15, 0.2) is 5.82 Å². The van der Waals surface area contributed by atoms with Crippen molar-refractivity contribution in [1.82, 2.24) is 14.8 Å². The van der Waals surface area contributed by atoms with Gasteiger partial charge in [0.2, 0.25) is 5.28 Å². The number of aryl methyl sites for hydroxylation is 1. The normalized spacial score (nSPS) is 10.9. The zero-order valence-electron chi connectivity index (χ0n) is 11.0. The van der Waals surface area contributed by atoms with E-state index in [2.05, 4.69) is 26.1 Å². The second-order valence-corrected chi connectivity index (χ2v) is 5.74. The van der Waals surface area contributed by atoms with E-state index >= 15 is 0 Å². The predicted octanol–water partition coefficient (Wildman–Crippen LogP) is 4.80. The first-order valence-corrected chi connectivity index (χ1v) is 7.37. The number of benzene rings is 2. The van der Waals surface area contributed by atoms with Gasteiger partial charge in [0.05, 0.1) is 10.2 Å². The van der Waals surface area contributed by atoms with Crippen LogP contribution >= 0.6 is 27.5 Å². The van der Waals surface area contributed by atoms with Gasteiger partial charge in [-0.2, -0.15) is 0 Å². The van der Waals surface area contributed by atoms with E-state index in [-0.39, 0.29) is 11.1 Å². The molecule has 3 rings (SSSR count). The van der Waals surface area contributed by atoms with Crippen LogP contribution in [0.2, 0.25) is 5.28 Å². The fourth-order valence-electron chi connectivity index (χ4n) is 2.13. The first-order chi connectivity index (χ1) is 10.1. The average Bonchev–Trinajstić information content (AvgIpc) is 2.85. The van der Waals surface area contributed by atoms with E-state index in [9.17, 15) is 4.39 Å². The summed E-state index contributed by atoms with van der Waals surface area (Å²) in [7, 11) is 0. The van der Waals surface area contributed by atoms with E-state index < -0.39 is 0 Å². The highest BCUT2D eigenvalue weighted by atomic mass is 79.9. The second-order valence-electron chi connectivity index (χ2n) is 4.55. The van der Waals surface area contributed by atoms with Gasteiger partial charge in [-0.3, -0.25) is 4.57 Å². The SMILES string of the molecule is Cc1cc(F)c(Br)cc1-n1c(Cl)nnc1-c1ccccc1. The lowest BCUT2D eigenvalue weighted by molar-refractivity contribution is 0.619. The number of hydrogen-bond acceptors (Lipinski definition) is 2. The van der Waals surface area contributed by atoms with E-state index in [1.165, 1.54) is 6.07 Å². The van der Waals surface area contributed by atoms with Crippen molar-refractivity contribution < 1.29 is 4.39 Å². The van der Waals surface area contributed by atoms with Crippen LogP contribution in [0.3, 0.4) is 0 Å². The third-order valence-electron chi connectivity index (χ3n) is 3.14. The topological polar surface area (TPSA) is 30.7 Å². The van der Waals surface area contributed by atoms with Crippen LogP contribution in [0.15, 0.2) is 46.9 Å². The fourth-order valence-corrected chi connectivity index (χ4v) is 2.67. The van der Waals surface area contributed by atoms with E-state index in [0.717, 1.165) is 16.8 Å². The number of halogens is 3. The molecule has 106 valence electrons. The van der Waals surface area contributed by atoms with Crippen molar-refractivity contribution in [3.05, 3.63) is 63.6 Å². The molecule has 21 heavy (non-hydrogen) atoms. The van der Waals surface area contributed by atoms with Crippen LogP contribution in [-0.4, -0.2) is 14.8 Å². The van der Waals surface area contributed by atoms with Crippen LogP contribution in [-0.2, 0) is 0 Å². The van der Waals surface area contributed by atoms with Gasteiger partial charge in [0.1, 0.15) is 5.82 Å². The van der Waals surface area contributed by atoms with Gasteiger partial charge in [0.25, 0.3) is 0 Å². The van der Waals surface area contributed by atoms with Crippen molar-refractivity contribution in [2.45, 2.75) is 6.92 Å². The molecule has 0 amide bonds. The first-order valence-electron chi connectivity index (χ1n) is 6.20. The fraction of sp³-hybridized carbons (Fsp3) is 0.0667. The molecule has 2 aromatic carbocycles. The summed E-state index contributed by atoms with van der Waals surface area (Å²) < 4.78 is 15.7. The van der Waals surface area contributed by atoms with Crippen LogP contribution in [0, 0.1) is 12.7 Å². The van der Waals surface area contributed by atoms with E-state index in [1.54, 1.807) is 10.6 Å². The molecule has 0 aliphatic carbocycles. The summed E-state index contributed by atoms with van der Waals surface area (Å²) >= 11 is 9.37. The summed E-state index contributed by atoms with van der Waals surface area (Å²) in [5.74, 6) is 0.295. The Labute approximate surface area is 134 Å². The van der Waals surface area contributed by atoms with E-state index in [1.807, 2.05) is 37.3 Å². The Morgan fingerprint density at radius 1 is 1.14 bits per heavy atom. The third kappa shape index (κ3) is 2.59. The molecule has 1 aromatic heterocycles. The van der Waals surface area contributed by atoms with Gasteiger partial charge in [-0.15, -0.1) is 10.2 Å². The highest BCUT2D eigenvalue weighted by Gasteiger charge is 2.17. The molecule has 6 heteroatoms. The molecule has 3 nitrogen and oxygen atoms in total. The Morgan fingerprint density at radius 2 is 1.86 bits per heavy atom. The van der Waals surface area contributed by atoms with Crippen molar-refractivity contribution >= 4 is 27.5 Å². The van der Waals surface area contributed by atoms with Gasteiger partial charge >= 0.3 is 0 Å². The molecule has 3 aromatic rings. The Bertz CT molecular complexity index is 802. The minimum Gasteiger partial charge on any atom is -0.265 e. The standard InChI is InChI=1S/C15H10BrClFN3/c1-9-7-12(18)11(16)8-13(9)21-14(19-20-15(21)17)10-5-3-2-4-6-10/h2-8H,1H3. The first kappa shape index (κ1) is 14.2. The van der Waals surface area contributed by atoms with Crippen molar-refractivity contribution in [2.24, 2.45) is 0 Å². The summed E-state index contributed by atoms with van der Waals surface area (Å²) in [6, 6.07) is 12.7. The summed E-state index contributed by atoms with van der Waals surface area (Å²) in [5, 5.41) is 8.29. The molecule has 0 aliphatic heterocycles. The molecule has 0 aliphatic rings. The summed E-state index contributed by atoms with van der Waals surface area (Å²) in [4.78, 5) is 0. The number of hydrogen-bond donors (Lipinski definition) is 0. The molecule has 0 bridgehead atoms. The smallest absolute Gasteiger partial charge is 0.229 e. The van der Waals surface area contributed by atoms with Crippen LogP contribution in [0.25, 0.3) is 17.1 Å². The van der Waals surface area contributed by atoms with Gasteiger partial charge in [-0.05, 0) is 52.2 Å². The van der Waals surface area contributed by atoms with Crippen molar-refractivity contribution in [2.75, 3.05) is 0 Å². The monoisotopic (exact) mass is 365 g/mol. The molecule has 0 saturated heterocycles. The highest BCUT2D eigenvalue weighted by molar-refractivity contribution is 9.10. The average molecular weight is 367 g/mol. The molecular formula is C15H10BrClFN3. The molecule has 0 atom stereocenters. The van der Waals surface area contributed by atoms with Crippen LogP contribution in [0.5, 0.6) is 0 Å². The van der Waals surface area contributed by atoms with Gasteiger partial charge in [-0.1, -0.05) is 30.3 Å². The third-order valence-corrected chi connectivity index (χ3v) is 3.99. The highest BCUT2D eigenvalue weighted by Crippen LogP contribution is 2.29. The molecule has 0 radical (unpaired) electrons. The van der Waals surface area contributed by atoms with Crippen molar-refractivity contribution in [3.63, 3.8) is 0 Å². The van der Waals surface area contributed by atoms with E-state index in [4.69, 9.17) is 11.6 Å². The van der Waals surface area contributed by atoms with Gasteiger partial charge < -0.3 is 0 Å². The van der Waals surface area contributed by atoms with E-state index in [0.29, 0.717) is 10.3 Å². The molecule has 0 spiro atoms. The van der Waals surface area contributed by atoms with Crippen LogP contribution in [0.4, 0.5) is 4.39 Å². The summed E-state index contributed by atoms with van der Waals surface area (Å²) in [6.07, 6.45) is 0. The molecule has 0 saturated carbocycles. The Hall–Kier alpha value is -1.72. The summed E-state index contributed by atoms with van der Waals surface area (Å²) in [5.41, 5.74) is 2.36. The van der Waals surface area contributed by atoms with Crippen molar-refractivity contribution in [3.8, 4) is 17.1 Å². The summed E-state index contributed by atoms with van der Waals surface area (Å²) in [6.45, 7) is 1.82. The zero-order valence-corrected chi connectivity index (χ0v) is 13.4. The number of nitrogens with zero attached hydrogens (tertiary/aromatic N) is 3. The Morgan fingerprint density at radius 3 is 2.57 bits per heavy atom. The minimum atomic E-state index is -0.318. The van der Waals surface area contributed by atoms with Crippen LogP contribution < -0.4 is 0 Å². The molecule has 0 unspecified atom stereocenters. The lowest BCUT2D eigenvalue weighted by Crippen LogP contribution is -2.01. The maximum absolute atomic E-state index is 13.6. The maximum atomic E-state index is 13.6. The Kier molecular flexibility index (Phi) is 3.78. The lowest BCUT2D eigenvalue weighted by atomic mass is 10.1. The number of rotatable bonds is 2. The van der Waals surface area contributed by atoms with Gasteiger partial charge in [0, 0.05) is 5.56 Å². The number of aromatic nitrogens is 3. The zero-order chi connectivity index (χ0) is 15.0. The van der Waals surface area contributed by atoms with Crippen molar-refractivity contribution in [1.29, 1.82) is 0 Å². The molecular weight excluding hydrogens is 357 g/mol. The largest absolute Gasteiger partial charge is 0.265 e. The molecule has 0 N–H and O–H groups in total. The Balaban J connectivity index is 2.25. The quantitative estimate of drug-likeness (QED) is 0.652. The minimum absolute atomic E-state index is 0.232.